The van der Waals surface area contributed by atoms with Gasteiger partial charge >= 0.3 is 6.03 Å². The smallest absolute Gasteiger partial charge is 0.317 e. The van der Waals surface area contributed by atoms with Crippen molar-refractivity contribution in [2.75, 3.05) is 26.2 Å². The molecule has 1 saturated heterocycles. The number of carbonyl (C=O) groups is 1. The lowest BCUT2D eigenvalue weighted by Crippen LogP contribution is -2.44. The van der Waals surface area contributed by atoms with Crippen molar-refractivity contribution in [1.82, 2.24) is 24.3 Å². The summed E-state index contributed by atoms with van der Waals surface area (Å²) in [5.74, 6) is 0. The fourth-order valence-electron chi connectivity index (χ4n) is 2.93. The Morgan fingerprint density at radius 3 is 2.38 bits per heavy atom. The van der Waals surface area contributed by atoms with Gasteiger partial charge in [-0.25, -0.2) is 13.2 Å². The minimum absolute atomic E-state index is 0.0567. The molecule has 8 nitrogen and oxygen atoms in total. The number of aryl methyl sites for hydroxylation is 2. The number of aromatic nitrogens is 2. The van der Waals surface area contributed by atoms with Gasteiger partial charge in [0.05, 0.1) is 11.4 Å². The topological polar surface area (TPSA) is 87.5 Å². The Morgan fingerprint density at radius 1 is 1.17 bits per heavy atom. The maximum atomic E-state index is 13.0. The Balaban J connectivity index is 2.17. The van der Waals surface area contributed by atoms with E-state index >= 15 is 0 Å². The van der Waals surface area contributed by atoms with Crippen LogP contribution in [-0.4, -0.2) is 65.7 Å². The minimum atomic E-state index is -3.61. The molecule has 1 aromatic heterocycles. The second-order valence-corrected chi connectivity index (χ2v) is 8.35. The lowest BCUT2D eigenvalue weighted by Gasteiger charge is -2.23. The lowest BCUT2D eigenvalue weighted by atomic mass is 10.4. The number of rotatable bonds is 3. The molecule has 24 heavy (non-hydrogen) atoms. The predicted octanol–water partition coefficient (Wildman–Crippen LogP) is 0.851. The van der Waals surface area contributed by atoms with Crippen molar-refractivity contribution in [3.05, 3.63) is 11.4 Å². The summed E-state index contributed by atoms with van der Waals surface area (Å²) in [6.07, 6.45) is 0.614. The van der Waals surface area contributed by atoms with Crippen LogP contribution in [0.25, 0.3) is 0 Å². The average molecular weight is 357 g/mol. The summed E-state index contributed by atoms with van der Waals surface area (Å²) in [7, 11) is -1.87. The molecule has 2 amide bonds. The van der Waals surface area contributed by atoms with E-state index in [1.807, 2.05) is 13.8 Å². The molecule has 0 aliphatic carbocycles. The molecular formula is C15H27N5O3S. The number of carbonyl (C=O) groups excluding carboxylic acids is 1. The highest BCUT2D eigenvalue weighted by Gasteiger charge is 2.32. The summed E-state index contributed by atoms with van der Waals surface area (Å²) in [6.45, 7) is 8.91. The Morgan fingerprint density at radius 2 is 1.83 bits per heavy atom. The third-order valence-corrected chi connectivity index (χ3v) is 6.35. The molecule has 136 valence electrons. The Kier molecular flexibility index (Phi) is 5.54. The molecular weight excluding hydrogens is 330 g/mol. The van der Waals surface area contributed by atoms with E-state index in [0.29, 0.717) is 44.0 Å². The number of nitrogens with one attached hydrogen (secondary N) is 1. The van der Waals surface area contributed by atoms with Gasteiger partial charge in [-0.3, -0.25) is 4.68 Å². The molecule has 0 aromatic carbocycles. The fraction of sp³-hybridized carbons (Fsp3) is 0.733. The van der Waals surface area contributed by atoms with E-state index in [-0.39, 0.29) is 17.0 Å². The van der Waals surface area contributed by atoms with Crippen LogP contribution in [0, 0.1) is 13.8 Å². The molecule has 0 atom stereocenters. The second kappa shape index (κ2) is 7.10. The van der Waals surface area contributed by atoms with Gasteiger partial charge in [-0.2, -0.15) is 9.40 Å². The van der Waals surface area contributed by atoms with Gasteiger partial charge in [0.2, 0.25) is 10.0 Å². The summed E-state index contributed by atoms with van der Waals surface area (Å²) < 4.78 is 29.1. The van der Waals surface area contributed by atoms with Crippen LogP contribution in [0.1, 0.15) is 31.7 Å². The van der Waals surface area contributed by atoms with Gasteiger partial charge in [-0.1, -0.05) is 0 Å². The van der Waals surface area contributed by atoms with Crippen molar-refractivity contribution in [2.45, 2.75) is 45.1 Å². The highest BCUT2D eigenvalue weighted by atomic mass is 32.2. The molecule has 1 fully saturated rings. The van der Waals surface area contributed by atoms with E-state index < -0.39 is 10.0 Å². The zero-order valence-corrected chi connectivity index (χ0v) is 15.9. The molecule has 0 saturated carbocycles. The maximum Gasteiger partial charge on any atom is 0.317 e. The molecule has 0 spiro atoms. The summed E-state index contributed by atoms with van der Waals surface area (Å²) in [4.78, 5) is 14.1. The summed E-state index contributed by atoms with van der Waals surface area (Å²) in [5.41, 5.74) is 1.14. The van der Waals surface area contributed by atoms with Crippen molar-refractivity contribution in [3.63, 3.8) is 0 Å². The zero-order valence-electron chi connectivity index (χ0n) is 15.0. The van der Waals surface area contributed by atoms with Crippen LogP contribution >= 0.6 is 0 Å². The fourth-order valence-corrected chi connectivity index (χ4v) is 4.80. The Hall–Kier alpha value is -1.61. The van der Waals surface area contributed by atoms with E-state index in [2.05, 4.69) is 10.4 Å². The number of hydrogen-bond donors (Lipinski definition) is 1. The molecule has 1 aliphatic heterocycles. The van der Waals surface area contributed by atoms with E-state index in [0.717, 1.165) is 0 Å². The van der Waals surface area contributed by atoms with Crippen LogP contribution in [0.3, 0.4) is 0 Å². The molecule has 1 aromatic rings. The minimum Gasteiger partial charge on any atom is -0.336 e. The highest BCUT2D eigenvalue weighted by Crippen LogP contribution is 2.24. The highest BCUT2D eigenvalue weighted by molar-refractivity contribution is 7.89. The van der Waals surface area contributed by atoms with E-state index in [1.165, 1.54) is 4.31 Å². The zero-order chi connectivity index (χ0) is 18.1. The van der Waals surface area contributed by atoms with Crippen LogP contribution < -0.4 is 5.32 Å². The van der Waals surface area contributed by atoms with E-state index in [4.69, 9.17) is 0 Å². The third-order valence-electron chi connectivity index (χ3n) is 4.19. The standard InChI is InChI=1S/C15H27N5O3S/c1-11(2)16-15(21)19-7-6-8-20(10-9-19)24(22,23)14-12(3)17-18(5)13(14)4/h11H,6-10H2,1-5H3,(H,16,21). The first kappa shape index (κ1) is 18.7. The predicted molar refractivity (Wildman–Crippen MR) is 91.3 cm³/mol. The summed E-state index contributed by atoms with van der Waals surface area (Å²) in [6, 6.07) is -0.0840. The third kappa shape index (κ3) is 3.72. The molecule has 0 bridgehead atoms. The molecule has 1 N–H and O–H groups in total. The van der Waals surface area contributed by atoms with Crippen molar-refractivity contribution < 1.29 is 13.2 Å². The SMILES string of the molecule is Cc1nn(C)c(C)c1S(=O)(=O)N1CCCN(C(=O)NC(C)C)CC1. The first-order chi connectivity index (χ1) is 11.1. The van der Waals surface area contributed by atoms with Crippen molar-refractivity contribution in [1.29, 1.82) is 0 Å². The number of hydrogen-bond acceptors (Lipinski definition) is 4. The summed E-state index contributed by atoms with van der Waals surface area (Å²) in [5, 5.41) is 7.06. The largest absolute Gasteiger partial charge is 0.336 e. The summed E-state index contributed by atoms with van der Waals surface area (Å²) >= 11 is 0. The Labute approximate surface area is 143 Å². The maximum absolute atomic E-state index is 13.0. The van der Waals surface area contributed by atoms with Gasteiger partial charge in [-0.15, -0.1) is 0 Å². The van der Waals surface area contributed by atoms with E-state index in [1.54, 1.807) is 30.5 Å². The first-order valence-electron chi connectivity index (χ1n) is 8.20. The average Bonchev–Trinajstić information content (AvgIpc) is 2.67. The van der Waals surface area contributed by atoms with E-state index in [9.17, 15) is 13.2 Å². The number of nitrogens with zero attached hydrogens (tertiary/aromatic N) is 4. The molecule has 2 rings (SSSR count). The lowest BCUT2D eigenvalue weighted by molar-refractivity contribution is 0.198. The van der Waals surface area contributed by atoms with Crippen molar-refractivity contribution >= 4 is 16.1 Å². The van der Waals surface area contributed by atoms with Crippen LogP contribution in [0.5, 0.6) is 0 Å². The molecule has 0 radical (unpaired) electrons. The van der Waals surface area contributed by atoms with Gasteiger partial charge in [-0.05, 0) is 34.1 Å². The normalized spacial score (nSPS) is 17.2. The molecule has 9 heteroatoms. The monoisotopic (exact) mass is 357 g/mol. The molecule has 0 unspecified atom stereocenters. The molecule has 1 aliphatic rings. The quantitative estimate of drug-likeness (QED) is 0.869. The first-order valence-corrected chi connectivity index (χ1v) is 9.64. The van der Waals surface area contributed by atoms with Gasteiger partial charge in [0, 0.05) is 39.3 Å². The van der Waals surface area contributed by atoms with Gasteiger partial charge in [0.15, 0.2) is 0 Å². The number of urea groups is 1. The van der Waals surface area contributed by atoms with Crippen LogP contribution in [0.15, 0.2) is 4.90 Å². The second-order valence-electron chi connectivity index (χ2n) is 6.47. The van der Waals surface area contributed by atoms with Gasteiger partial charge in [0.1, 0.15) is 4.90 Å². The number of sulfonamides is 1. The number of amides is 2. The van der Waals surface area contributed by atoms with Crippen molar-refractivity contribution in [2.24, 2.45) is 7.05 Å². The Bertz CT molecular complexity index is 711. The van der Waals surface area contributed by atoms with Crippen LogP contribution in [-0.2, 0) is 17.1 Å². The van der Waals surface area contributed by atoms with Crippen molar-refractivity contribution in [3.8, 4) is 0 Å². The van der Waals surface area contributed by atoms with Gasteiger partial charge < -0.3 is 10.2 Å². The van der Waals surface area contributed by atoms with Crippen LogP contribution in [0.4, 0.5) is 4.79 Å². The molecule has 2 heterocycles. The van der Waals surface area contributed by atoms with Crippen LogP contribution in [0.2, 0.25) is 0 Å². The van der Waals surface area contributed by atoms with Gasteiger partial charge in [0.25, 0.3) is 0 Å².